The Balaban J connectivity index is 1.72. The highest BCUT2D eigenvalue weighted by Crippen LogP contribution is 2.25. The van der Waals surface area contributed by atoms with Crippen LogP contribution >= 0.6 is 0 Å². The molecule has 0 atom stereocenters. The average Bonchev–Trinajstić information content (AvgIpc) is 2.74. The van der Waals surface area contributed by atoms with Crippen molar-refractivity contribution in [1.82, 2.24) is 9.97 Å². The molecule has 1 aromatic heterocycles. The van der Waals surface area contributed by atoms with E-state index in [-0.39, 0.29) is 17.4 Å². The van der Waals surface area contributed by atoms with Crippen LogP contribution in [0.15, 0.2) is 54.9 Å². The molecule has 0 radical (unpaired) electrons. The first-order valence-electron chi connectivity index (χ1n) is 9.64. The van der Waals surface area contributed by atoms with Crippen LogP contribution in [0, 0.1) is 0 Å². The lowest BCUT2D eigenvalue weighted by Crippen LogP contribution is -2.14. The van der Waals surface area contributed by atoms with Gasteiger partial charge in [-0.05, 0) is 55.2 Å². The molecule has 2 aromatic carbocycles. The SMILES string of the molecule is CCc1cccc(CC)c1Nc1cnc(C(=O)Nc2ccc(C(C)=O)cc2)cn1. The molecule has 0 saturated heterocycles. The maximum absolute atomic E-state index is 12.4. The molecule has 0 bridgehead atoms. The number of anilines is 3. The van der Waals surface area contributed by atoms with E-state index in [1.54, 1.807) is 30.5 Å². The van der Waals surface area contributed by atoms with Crippen LogP contribution in [0.2, 0.25) is 0 Å². The van der Waals surface area contributed by atoms with Crippen LogP contribution in [0.3, 0.4) is 0 Å². The van der Waals surface area contributed by atoms with Crippen molar-refractivity contribution in [3.8, 4) is 0 Å². The first-order chi connectivity index (χ1) is 14.0. The number of nitrogens with one attached hydrogen (secondary N) is 2. The number of nitrogens with zero attached hydrogens (tertiary/aromatic N) is 2. The zero-order chi connectivity index (χ0) is 20.8. The van der Waals surface area contributed by atoms with Crippen LogP contribution in [0.25, 0.3) is 0 Å². The van der Waals surface area contributed by atoms with Gasteiger partial charge in [-0.1, -0.05) is 32.0 Å². The van der Waals surface area contributed by atoms with Crippen molar-refractivity contribution in [2.45, 2.75) is 33.6 Å². The van der Waals surface area contributed by atoms with Gasteiger partial charge in [0.05, 0.1) is 12.4 Å². The Labute approximate surface area is 170 Å². The summed E-state index contributed by atoms with van der Waals surface area (Å²) in [6.07, 6.45) is 4.82. The minimum Gasteiger partial charge on any atom is -0.338 e. The highest BCUT2D eigenvalue weighted by Gasteiger charge is 2.11. The summed E-state index contributed by atoms with van der Waals surface area (Å²) in [6.45, 7) is 5.73. The van der Waals surface area contributed by atoms with Gasteiger partial charge in [0, 0.05) is 16.9 Å². The largest absolute Gasteiger partial charge is 0.338 e. The molecule has 6 nitrogen and oxygen atoms in total. The van der Waals surface area contributed by atoms with Gasteiger partial charge in [0.25, 0.3) is 5.91 Å². The number of carbonyl (C=O) groups is 2. The van der Waals surface area contributed by atoms with Crippen LogP contribution in [0.4, 0.5) is 17.2 Å². The fourth-order valence-corrected chi connectivity index (χ4v) is 3.02. The van der Waals surface area contributed by atoms with Crippen LogP contribution in [0.1, 0.15) is 52.7 Å². The van der Waals surface area contributed by atoms with E-state index in [9.17, 15) is 9.59 Å². The first kappa shape index (κ1) is 20.2. The molecule has 0 aliphatic rings. The third-order valence-corrected chi connectivity index (χ3v) is 4.69. The maximum Gasteiger partial charge on any atom is 0.275 e. The number of ketones is 1. The van der Waals surface area contributed by atoms with Gasteiger partial charge in [-0.25, -0.2) is 9.97 Å². The van der Waals surface area contributed by atoms with E-state index in [1.807, 2.05) is 0 Å². The van der Waals surface area contributed by atoms with E-state index in [1.165, 1.54) is 24.2 Å². The van der Waals surface area contributed by atoms with Crippen molar-refractivity contribution in [3.05, 3.63) is 77.2 Å². The summed E-state index contributed by atoms with van der Waals surface area (Å²) in [5.41, 5.74) is 4.87. The Bertz CT molecular complexity index is 990. The van der Waals surface area contributed by atoms with Gasteiger partial charge in [-0.3, -0.25) is 9.59 Å². The van der Waals surface area contributed by atoms with E-state index in [4.69, 9.17) is 0 Å². The average molecular weight is 388 g/mol. The third kappa shape index (κ3) is 4.85. The van der Waals surface area contributed by atoms with Crippen molar-refractivity contribution in [1.29, 1.82) is 0 Å². The van der Waals surface area contributed by atoms with Crippen LogP contribution < -0.4 is 10.6 Å². The van der Waals surface area contributed by atoms with Crippen LogP contribution in [-0.2, 0) is 12.8 Å². The normalized spacial score (nSPS) is 10.4. The fourth-order valence-electron chi connectivity index (χ4n) is 3.02. The predicted octanol–water partition coefficient (Wildman–Crippen LogP) is 4.80. The zero-order valence-electron chi connectivity index (χ0n) is 16.8. The van der Waals surface area contributed by atoms with E-state index in [0.29, 0.717) is 17.1 Å². The first-order valence-corrected chi connectivity index (χ1v) is 9.64. The second-order valence-electron chi connectivity index (χ2n) is 6.66. The second-order valence-corrected chi connectivity index (χ2v) is 6.66. The molecule has 3 aromatic rings. The number of Topliss-reactive ketones (excluding diaryl/α,β-unsaturated/α-hetero) is 1. The molecule has 2 N–H and O–H groups in total. The number of aromatic nitrogens is 2. The molecule has 1 amide bonds. The van der Waals surface area contributed by atoms with Gasteiger partial charge in [0.2, 0.25) is 0 Å². The predicted molar refractivity (Wildman–Crippen MR) is 115 cm³/mol. The summed E-state index contributed by atoms with van der Waals surface area (Å²) in [7, 11) is 0. The Morgan fingerprint density at radius 3 is 2.07 bits per heavy atom. The molecular formula is C23H24N4O2. The molecule has 29 heavy (non-hydrogen) atoms. The highest BCUT2D eigenvalue weighted by atomic mass is 16.2. The summed E-state index contributed by atoms with van der Waals surface area (Å²) in [4.78, 5) is 32.3. The van der Waals surface area contributed by atoms with E-state index in [2.05, 4.69) is 52.6 Å². The fraction of sp³-hybridized carbons (Fsp3) is 0.217. The van der Waals surface area contributed by atoms with E-state index in [0.717, 1.165) is 18.5 Å². The Hall–Kier alpha value is -3.54. The quantitative estimate of drug-likeness (QED) is 0.568. The Kier molecular flexibility index (Phi) is 6.34. The summed E-state index contributed by atoms with van der Waals surface area (Å²) in [5, 5.41) is 6.10. The minimum absolute atomic E-state index is 0.0206. The van der Waals surface area contributed by atoms with Crippen molar-refractivity contribution < 1.29 is 9.59 Å². The standard InChI is InChI=1S/C23H24N4O2/c1-4-16-7-6-8-17(5-2)22(16)27-21-14-24-20(13-25-21)23(29)26-19-11-9-18(10-12-19)15(3)28/h6-14H,4-5H2,1-3H3,(H,25,27)(H,26,29). The van der Waals surface area contributed by atoms with Gasteiger partial charge < -0.3 is 10.6 Å². The lowest BCUT2D eigenvalue weighted by atomic mass is 10.0. The number of aryl methyl sites for hydroxylation is 2. The molecule has 3 rings (SSSR count). The number of hydrogen-bond donors (Lipinski definition) is 2. The summed E-state index contributed by atoms with van der Waals surface area (Å²) < 4.78 is 0. The second kappa shape index (κ2) is 9.10. The Morgan fingerprint density at radius 1 is 0.897 bits per heavy atom. The molecule has 148 valence electrons. The third-order valence-electron chi connectivity index (χ3n) is 4.69. The number of rotatable bonds is 7. The molecular weight excluding hydrogens is 364 g/mol. The van der Waals surface area contributed by atoms with Gasteiger partial charge in [0.1, 0.15) is 11.5 Å². The number of benzene rings is 2. The molecule has 0 saturated carbocycles. The van der Waals surface area contributed by atoms with Crippen LogP contribution in [0.5, 0.6) is 0 Å². The monoisotopic (exact) mass is 388 g/mol. The highest BCUT2D eigenvalue weighted by molar-refractivity contribution is 6.03. The summed E-state index contributed by atoms with van der Waals surface area (Å²) >= 11 is 0. The van der Waals surface area contributed by atoms with Gasteiger partial charge in [-0.15, -0.1) is 0 Å². The van der Waals surface area contributed by atoms with E-state index >= 15 is 0 Å². The molecule has 6 heteroatoms. The zero-order valence-corrected chi connectivity index (χ0v) is 16.8. The van der Waals surface area contributed by atoms with Crippen molar-refractivity contribution in [2.75, 3.05) is 10.6 Å². The molecule has 0 aliphatic heterocycles. The number of hydrogen-bond acceptors (Lipinski definition) is 5. The van der Waals surface area contributed by atoms with E-state index < -0.39 is 0 Å². The Morgan fingerprint density at radius 2 is 1.55 bits per heavy atom. The minimum atomic E-state index is -0.358. The molecule has 0 spiro atoms. The lowest BCUT2D eigenvalue weighted by molar-refractivity contribution is 0.101. The topological polar surface area (TPSA) is 84.0 Å². The van der Waals surface area contributed by atoms with Gasteiger partial charge in [0.15, 0.2) is 5.78 Å². The number of amides is 1. The van der Waals surface area contributed by atoms with Gasteiger partial charge >= 0.3 is 0 Å². The smallest absolute Gasteiger partial charge is 0.275 e. The molecule has 0 aliphatic carbocycles. The van der Waals surface area contributed by atoms with Crippen molar-refractivity contribution in [3.63, 3.8) is 0 Å². The number of carbonyl (C=O) groups excluding carboxylic acids is 2. The maximum atomic E-state index is 12.4. The molecule has 0 fully saturated rings. The molecule has 1 heterocycles. The van der Waals surface area contributed by atoms with Gasteiger partial charge in [-0.2, -0.15) is 0 Å². The lowest BCUT2D eigenvalue weighted by Gasteiger charge is -2.14. The summed E-state index contributed by atoms with van der Waals surface area (Å²) in [6, 6.07) is 13.0. The number of para-hydroxylation sites is 1. The summed E-state index contributed by atoms with van der Waals surface area (Å²) in [5.74, 6) is 0.207. The van der Waals surface area contributed by atoms with Crippen LogP contribution in [-0.4, -0.2) is 21.7 Å². The molecule has 0 unspecified atom stereocenters. The van der Waals surface area contributed by atoms with Crippen molar-refractivity contribution >= 4 is 28.9 Å². The van der Waals surface area contributed by atoms with Crippen molar-refractivity contribution in [2.24, 2.45) is 0 Å².